The Morgan fingerprint density at radius 1 is 1.15 bits per heavy atom. The second-order valence-electron chi connectivity index (χ2n) is 7.39. The van der Waals surface area contributed by atoms with Crippen molar-refractivity contribution in [2.24, 2.45) is 0 Å². The molecule has 148 valence electrons. The summed E-state index contributed by atoms with van der Waals surface area (Å²) in [6.07, 6.45) is 1.03. The molecule has 1 aromatic rings. The number of piperazine rings is 1. The topological polar surface area (TPSA) is 82.2 Å². The standard InChI is InChI=1S/C18H26N4O4S/c1-26-17-12-14(21-8-10-27(24,25)11-9-21)2-3-16(17)19-18(23)22-7-6-20-5-4-15(22)13-20/h2-3,12,15H,4-11,13H2,1H3,(H,19,23). The van der Waals surface area contributed by atoms with Gasteiger partial charge in [-0.2, -0.15) is 0 Å². The van der Waals surface area contributed by atoms with E-state index in [1.54, 1.807) is 7.11 Å². The first-order chi connectivity index (χ1) is 12.9. The number of carbonyl (C=O) groups is 1. The fourth-order valence-electron chi connectivity index (χ4n) is 4.11. The first-order valence-corrected chi connectivity index (χ1v) is 11.2. The Labute approximate surface area is 160 Å². The van der Waals surface area contributed by atoms with Gasteiger partial charge in [0.15, 0.2) is 9.84 Å². The van der Waals surface area contributed by atoms with Crippen molar-refractivity contribution in [3.05, 3.63) is 18.2 Å². The number of hydrogen-bond donors (Lipinski definition) is 1. The van der Waals surface area contributed by atoms with E-state index in [9.17, 15) is 13.2 Å². The third kappa shape index (κ3) is 3.84. The molecule has 3 aliphatic heterocycles. The summed E-state index contributed by atoms with van der Waals surface area (Å²) in [5, 5.41) is 2.99. The fourth-order valence-corrected chi connectivity index (χ4v) is 5.31. The van der Waals surface area contributed by atoms with Gasteiger partial charge in [0.2, 0.25) is 0 Å². The highest BCUT2D eigenvalue weighted by Crippen LogP contribution is 2.31. The maximum atomic E-state index is 12.7. The zero-order valence-corrected chi connectivity index (χ0v) is 16.4. The number of hydrogen-bond acceptors (Lipinski definition) is 6. The van der Waals surface area contributed by atoms with Crippen LogP contribution in [-0.2, 0) is 9.84 Å². The molecule has 0 spiro atoms. The van der Waals surface area contributed by atoms with E-state index in [1.165, 1.54) is 0 Å². The fraction of sp³-hybridized carbons (Fsp3) is 0.611. The SMILES string of the molecule is COc1cc(N2CCS(=O)(=O)CC2)ccc1NC(=O)N1CCN2CCC1C2. The molecule has 0 saturated carbocycles. The van der Waals surface area contributed by atoms with Gasteiger partial charge in [0.1, 0.15) is 5.75 Å². The monoisotopic (exact) mass is 394 g/mol. The number of nitrogens with zero attached hydrogens (tertiary/aromatic N) is 3. The lowest BCUT2D eigenvalue weighted by Crippen LogP contribution is -2.51. The second-order valence-corrected chi connectivity index (χ2v) is 9.69. The van der Waals surface area contributed by atoms with E-state index >= 15 is 0 Å². The van der Waals surface area contributed by atoms with Crippen LogP contribution in [0, 0.1) is 0 Å². The molecule has 3 fully saturated rings. The normalized spacial score (nSPS) is 26.7. The molecule has 27 heavy (non-hydrogen) atoms. The molecule has 2 bridgehead atoms. The van der Waals surface area contributed by atoms with E-state index in [0.717, 1.165) is 38.3 Å². The predicted octanol–water partition coefficient (Wildman–Crippen LogP) is 0.852. The molecular formula is C18H26N4O4S. The molecule has 0 radical (unpaired) electrons. The van der Waals surface area contributed by atoms with E-state index in [0.29, 0.717) is 30.6 Å². The average Bonchev–Trinajstić information content (AvgIpc) is 3.02. The maximum Gasteiger partial charge on any atom is 0.322 e. The minimum absolute atomic E-state index is 0.0864. The first kappa shape index (κ1) is 18.4. The van der Waals surface area contributed by atoms with Gasteiger partial charge in [-0.15, -0.1) is 0 Å². The van der Waals surface area contributed by atoms with Gasteiger partial charge in [-0.05, 0) is 18.6 Å². The average molecular weight is 394 g/mol. The largest absolute Gasteiger partial charge is 0.494 e. The number of anilines is 2. The zero-order chi connectivity index (χ0) is 19.0. The Balaban J connectivity index is 1.46. The van der Waals surface area contributed by atoms with Gasteiger partial charge in [0.25, 0.3) is 0 Å². The van der Waals surface area contributed by atoms with Crippen LogP contribution in [0.1, 0.15) is 6.42 Å². The van der Waals surface area contributed by atoms with Gasteiger partial charge in [0.05, 0.1) is 24.3 Å². The lowest BCUT2D eigenvalue weighted by Gasteiger charge is -2.34. The van der Waals surface area contributed by atoms with Crippen LogP contribution in [-0.4, -0.2) is 88.2 Å². The summed E-state index contributed by atoms with van der Waals surface area (Å²) < 4.78 is 28.7. The molecule has 0 aromatic heterocycles. The Hall–Kier alpha value is -2.00. The number of nitrogens with one attached hydrogen (secondary N) is 1. The van der Waals surface area contributed by atoms with Gasteiger partial charge < -0.3 is 19.9 Å². The van der Waals surface area contributed by atoms with E-state index < -0.39 is 9.84 Å². The number of benzene rings is 1. The van der Waals surface area contributed by atoms with Crippen molar-refractivity contribution in [1.29, 1.82) is 0 Å². The molecule has 2 amide bonds. The molecule has 9 heteroatoms. The third-order valence-electron chi connectivity index (χ3n) is 5.74. The third-order valence-corrected chi connectivity index (χ3v) is 7.35. The van der Waals surface area contributed by atoms with Crippen LogP contribution in [0.25, 0.3) is 0 Å². The number of ether oxygens (including phenoxy) is 1. The van der Waals surface area contributed by atoms with Crippen LogP contribution in [0.3, 0.4) is 0 Å². The molecule has 3 aliphatic rings. The van der Waals surface area contributed by atoms with Crippen LogP contribution in [0.15, 0.2) is 18.2 Å². The van der Waals surface area contributed by atoms with Crippen LogP contribution in [0.5, 0.6) is 5.75 Å². The lowest BCUT2D eigenvalue weighted by atomic mass is 10.2. The van der Waals surface area contributed by atoms with Crippen molar-refractivity contribution in [2.75, 3.05) is 68.1 Å². The highest BCUT2D eigenvalue weighted by molar-refractivity contribution is 7.91. The summed E-state index contributed by atoms with van der Waals surface area (Å²) in [5.41, 5.74) is 1.54. The molecule has 4 rings (SSSR count). The summed E-state index contributed by atoms with van der Waals surface area (Å²) in [7, 11) is -1.34. The second kappa shape index (κ2) is 7.20. The molecule has 8 nitrogen and oxygen atoms in total. The first-order valence-electron chi connectivity index (χ1n) is 9.38. The van der Waals surface area contributed by atoms with E-state index in [1.807, 2.05) is 28.0 Å². The molecule has 1 aromatic carbocycles. The minimum Gasteiger partial charge on any atom is -0.494 e. The number of carbonyl (C=O) groups excluding carboxylic acids is 1. The van der Waals surface area contributed by atoms with Crippen molar-refractivity contribution >= 4 is 27.2 Å². The van der Waals surface area contributed by atoms with Gasteiger partial charge in [-0.25, -0.2) is 13.2 Å². The number of sulfone groups is 1. The molecule has 2 atom stereocenters. The van der Waals surface area contributed by atoms with E-state index in [4.69, 9.17) is 4.74 Å². The van der Waals surface area contributed by atoms with Crippen LogP contribution >= 0.6 is 0 Å². The van der Waals surface area contributed by atoms with E-state index in [-0.39, 0.29) is 17.5 Å². The highest BCUT2D eigenvalue weighted by atomic mass is 32.2. The quantitative estimate of drug-likeness (QED) is 0.819. The molecule has 2 unspecified atom stereocenters. The number of rotatable bonds is 3. The summed E-state index contributed by atoms with van der Waals surface area (Å²) >= 11 is 0. The van der Waals surface area contributed by atoms with Gasteiger partial charge in [-0.3, -0.25) is 4.90 Å². The minimum atomic E-state index is -2.92. The zero-order valence-electron chi connectivity index (χ0n) is 15.6. The molecule has 3 saturated heterocycles. The van der Waals surface area contributed by atoms with Crippen molar-refractivity contribution in [3.63, 3.8) is 0 Å². The Bertz CT molecular complexity index is 815. The maximum absolute atomic E-state index is 12.7. The summed E-state index contributed by atoms with van der Waals surface area (Å²) in [4.78, 5) is 19.1. The molecule has 1 N–H and O–H groups in total. The van der Waals surface area contributed by atoms with Crippen molar-refractivity contribution in [1.82, 2.24) is 9.80 Å². The van der Waals surface area contributed by atoms with Gasteiger partial charge >= 0.3 is 6.03 Å². The molecular weight excluding hydrogens is 368 g/mol. The van der Waals surface area contributed by atoms with Crippen LogP contribution in [0.2, 0.25) is 0 Å². The van der Waals surface area contributed by atoms with E-state index in [2.05, 4.69) is 10.2 Å². The molecule has 3 heterocycles. The summed E-state index contributed by atoms with van der Waals surface area (Å²) in [6.45, 7) is 4.66. The van der Waals surface area contributed by atoms with Gasteiger partial charge in [0, 0.05) is 57.1 Å². The van der Waals surface area contributed by atoms with Crippen LogP contribution < -0.4 is 15.0 Å². The number of fused-ring (bicyclic) bond motifs is 2. The molecule has 0 aliphatic carbocycles. The smallest absolute Gasteiger partial charge is 0.322 e. The highest BCUT2D eigenvalue weighted by Gasteiger charge is 2.35. The number of methoxy groups -OCH3 is 1. The summed E-state index contributed by atoms with van der Waals surface area (Å²) in [6, 6.07) is 5.81. The van der Waals surface area contributed by atoms with Crippen molar-refractivity contribution in [3.8, 4) is 5.75 Å². The Morgan fingerprint density at radius 2 is 1.93 bits per heavy atom. The Morgan fingerprint density at radius 3 is 2.67 bits per heavy atom. The Kier molecular flexibility index (Phi) is 4.90. The van der Waals surface area contributed by atoms with Crippen LogP contribution in [0.4, 0.5) is 16.2 Å². The van der Waals surface area contributed by atoms with Gasteiger partial charge in [-0.1, -0.05) is 0 Å². The van der Waals surface area contributed by atoms with Crippen molar-refractivity contribution < 1.29 is 17.9 Å². The number of urea groups is 1. The lowest BCUT2D eigenvalue weighted by molar-refractivity contribution is 0.153. The summed E-state index contributed by atoms with van der Waals surface area (Å²) in [5.74, 6) is 0.918. The predicted molar refractivity (Wildman–Crippen MR) is 104 cm³/mol. The van der Waals surface area contributed by atoms with Crippen molar-refractivity contribution in [2.45, 2.75) is 12.5 Å². The number of amides is 2.